The molecule has 2 aromatic rings. The summed E-state index contributed by atoms with van der Waals surface area (Å²) >= 11 is 0. The summed E-state index contributed by atoms with van der Waals surface area (Å²) in [5.74, 6) is 2.13. The van der Waals surface area contributed by atoms with Gasteiger partial charge in [-0.2, -0.15) is 0 Å². The highest BCUT2D eigenvalue weighted by Gasteiger charge is 2.42. The number of alkyl halides is 1. The van der Waals surface area contributed by atoms with Crippen molar-refractivity contribution in [1.29, 1.82) is 0 Å². The maximum atomic E-state index is 15.4. The van der Waals surface area contributed by atoms with Crippen molar-refractivity contribution in [3.8, 4) is 11.6 Å². The molecule has 2 saturated heterocycles. The van der Waals surface area contributed by atoms with Gasteiger partial charge in [-0.15, -0.1) is 0 Å². The van der Waals surface area contributed by atoms with Crippen molar-refractivity contribution in [2.24, 2.45) is 5.92 Å². The molecule has 8 heteroatoms. The minimum atomic E-state index is -1.29. The number of likely N-dealkylation sites (tertiary alicyclic amines) is 1. The molecule has 2 atom stereocenters. The Morgan fingerprint density at radius 1 is 1.16 bits per heavy atom. The number of aryl methyl sites for hydroxylation is 1. The highest BCUT2D eigenvalue weighted by molar-refractivity contribution is 5.67. The van der Waals surface area contributed by atoms with Crippen LogP contribution in [0.15, 0.2) is 42.6 Å². The van der Waals surface area contributed by atoms with Gasteiger partial charge < -0.3 is 25.0 Å². The number of nitrogens with one attached hydrogen (secondary N) is 2. The average Bonchev–Trinajstić information content (AvgIpc) is 3.72. The number of halogens is 1. The SMILES string of the molecule is CCc1ccc(Oc2ccc(C3CC3NCC3(F)CCN(C(=O)OCC4CCNCC4)CC3)cn2)cc1. The molecule has 0 radical (unpaired) electrons. The van der Waals surface area contributed by atoms with Crippen molar-refractivity contribution >= 4 is 6.09 Å². The quantitative estimate of drug-likeness (QED) is 0.504. The third-order valence-corrected chi connectivity index (χ3v) is 8.03. The lowest BCUT2D eigenvalue weighted by Crippen LogP contribution is -2.49. The Hall–Kier alpha value is -2.71. The summed E-state index contributed by atoms with van der Waals surface area (Å²) in [7, 11) is 0. The molecule has 5 rings (SSSR count). The van der Waals surface area contributed by atoms with Crippen LogP contribution in [-0.2, 0) is 11.2 Å². The summed E-state index contributed by atoms with van der Waals surface area (Å²) in [6.07, 6.45) is 6.30. The third-order valence-electron chi connectivity index (χ3n) is 8.03. The molecular formula is C29H39FN4O3. The van der Waals surface area contributed by atoms with Crippen molar-refractivity contribution in [1.82, 2.24) is 20.5 Å². The highest BCUT2D eigenvalue weighted by atomic mass is 19.1. The number of piperidine rings is 2. The van der Waals surface area contributed by atoms with E-state index in [1.165, 1.54) is 5.56 Å². The standard InChI is InChI=1S/C29H39FN4O3/c1-2-21-3-6-24(7-4-21)37-27-8-5-23(18-32-27)25-17-26(25)33-20-29(30)11-15-34(16-12-29)28(35)36-19-22-9-13-31-14-10-22/h3-8,18,22,25-26,31,33H,2,9-17,19-20H2,1H3. The Morgan fingerprint density at radius 3 is 2.59 bits per heavy atom. The normalized spacial score (nSPS) is 23.5. The number of benzene rings is 1. The first-order valence-corrected chi connectivity index (χ1v) is 13.8. The minimum Gasteiger partial charge on any atom is -0.449 e. The summed E-state index contributed by atoms with van der Waals surface area (Å²) in [5, 5.41) is 6.74. The molecule has 1 saturated carbocycles. The second-order valence-corrected chi connectivity index (χ2v) is 10.8. The molecule has 2 aliphatic heterocycles. The molecule has 37 heavy (non-hydrogen) atoms. The molecule has 1 aromatic carbocycles. The van der Waals surface area contributed by atoms with Crippen molar-refractivity contribution in [2.75, 3.05) is 39.3 Å². The number of rotatable bonds is 9. The van der Waals surface area contributed by atoms with Crippen molar-refractivity contribution in [3.05, 3.63) is 53.7 Å². The van der Waals surface area contributed by atoms with Crippen LogP contribution in [0.4, 0.5) is 9.18 Å². The Bertz CT molecular complexity index is 1020. The monoisotopic (exact) mass is 510 g/mol. The van der Waals surface area contributed by atoms with Crippen LogP contribution in [0, 0.1) is 5.92 Å². The molecule has 3 fully saturated rings. The fraction of sp³-hybridized carbons (Fsp3) is 0.586. The van der Waals surface area contributed by atoms with E-state index in [0.717, 1.165) is 50.1 Å². The minimum absolute atomic E-state index is 0.260. The van der Waals surface area contributed by atoms with Crippen LogP contribution in [-0.4, -0.2) is 67.0 Å². The number of carbonyl (C=O) groups is 1. The fourth-order valence-corrected chi connectivity index (χ4v) is 5.28. The molecule has 0 spiro atoms. The third kappa shape index (κ3) is 6.99. The fourth-order valence-electron chi connectivity index (χ4n) is 5.28. The molecule has 7 nitrogen and oxygen atoms in total. The van der Waals surface area contributed by atoms with E-state index >= 15 is 4.39 Å². The second-order valence-electron chi connectivity index (χ2n) is 10.8. The van der Waals surface area contributed by atoms with Crippen molar-refractivity contribution in [2.45, 2.75) is 63.1 Å². The molecule has 2 N–H and O–H groups in total. The number of nitrogens with zero attached hydrogens (tertiary/aromatic N) is 2. The predicted molar refractivity (Wildman–Crippen MR) is 141 cm³/mol. The van der Waals surface area contributed by atoms with Crippen molar-refractivity contribution in [3.63, 3.8) is 0 Å². The zero-order chi connectivity index (χ0) is 25.7. The molecular weight excluding hydrogens is 471 g/mol. The predicted octanol–water partition coefficient (Wildman–Crippen LogP) is 4.82. The van der Waals surface area contributed by atoms with E-state index in [1.807, 2.05) is 30.5 Å². The van der Waals surface area contributed by atoms with Crippen molar-refractivity contribution < 1.29 is 18.7 Å². The Kier molecular flexibility index (Phi) is 8.25. The van der Waals surface area contributed by atoms with Gasteiger partial charge in [-0.3, -0.25) is 0 Å². The molecule has 1 amide bonds. The summed E-state index contributed by atoms with van der Waals surface area (Å²) in [5.41, 5.74) is 1.13. The van der Waals surface area contributed by atoms with Gasteiger partial charge in [-0.25, -0.2) is 14.2 Å². The topological polar surface area (TPSA) is 75.7 Å². The van der Waals surface area contributed by atoms with Gasteiger partial charge in [0, 0.05) is 56.7 Å². The lowest BCUT2D eigenvalue weighted by molar-refractivity contribution is 0.0362. The molecule has 2 unspecified atom stereocenters. The maximum Gasteiger partial charge on any atom is 0.409 e. The first-order valence-electron chi connectivity index (χ1n) is 13.8. The molecule has 3 aliphatic rings. The van der Waals surface area contributed by atoms with Crippen LogP contribution in [0.3, 0.4) is 0 Å². The van der Waals surface area contributed by atoms with Crippen LogP contribution in [0.5, 0.6) is 11.6 Å². The number of ether oxygens (including phenoxy) is 2. The maximum absolute atomic E-state index is 15.4. The first kappa shape index (κ1) is 25.9. The number of carbonyl (C=O) groups excluding carboxylic acids is 1. The van der Waals surface area contributed by atoms with Gasteiger partial charge >= 0.3 is 6.09 Å². The smallest absolute Gasteiger partial charge is 0.409 e. The summed E-state index contributed by atoms with van der Waals surface area (Å²) in [6.45, 7) is 5.69. The highest BCUT2D eigenvalue weighted by Crippen LogP contribution is 2.41. The average molecular weight is 511 g/mol. The van der Waals surface area contributed by atoms with Gasteiger partial charge in [-0.05, 0) is 68.0 Å². The van der Waals surface area contributed by atoms with Gasteiger partial charge in [-0.1, -0.05) is 25.1 Å². The van der Waals surface area contributed by atoms with Gasteiger partial charge in [0.05, 0.1) is 6.61 Å². The van der Waals surface area contributed by atoms with E-state index in [4.69, 9.17) is 9.47 Å². The molecule has 1 aliphatic carbocycles. The van der Waals surface area contributed by atoms with Gasteiger partial charge in [0.1, 0.15) is 11.4 Å². The first-order chi connectivity index (χ1) is 18.0. The van der Waals surface area contributed by atoms with E-state index in [9.17, 15) is 4.79 Å². The van der Waals surface area contributed by atoms with E-state index < -0.39 is 5.67 Å². The van der Waals surface area contributed by atoms with E-state index in [2.05, 4.69) is 34.7 Å². The lowest BCUT2D eigenvalue weighted by Gasteiger charge is -2.36. The number of pyridine rings is 1. The van der Waals surface area contributed by atoms with Crippen LogP contribution in [0.2, 0.25) is 0 Å². The van der Waals surface area contributed by atoms with Gasteiger partial charge in [0.25, 0.3) is 0 Å². The number of hydrogen-bond donors (Lipinski definition) is 2. The number of hydrogen-bond acceptors (Lipinski definition) is 6. The number of aromatic nitrogens is 1. The van der Waals surface area contributed by atoms with Crippen LogP contribution < -0.4 is 15.4 Å². The van der Waals surface area contributed by atoms with Crippen LogP contribution in [0.25, 0.3) is 0 Å². The van der Waals surface area contributed by atoms with E-state index in [-0.39, 0.29) is 12.1 Å². The van der Waals surface area contributed by atoms with Gasteiger partial charge in [0.15, 0.2) is 0 Å². The van der Waals surface area contributed by atoms with Gasteiger partial charge in [0.2, 0.25) is 5.88 Å². The van der Waals surface area contributed by atoms with Crippen LogP contribution in [0.1, 0.15) is 56.1 Å². The Labute approximate surface area is 219 Å². The molecule has 200 valence electrons. The van der Waals surface area contributed by atoms with Crippen LogP contribution >= 0.6 is 0 Å². The molecule has 1 aromatic heterocycles. The summed E-state index contributed by atoms with van der Waals surface area (Å²) < 4.78 is 26.8. The largest absolute Gasteiger partial charge is 0.449 e. The van der Waals surface area contributed by atoms with E-state index in [1.54, 1.807) is 4.90 Å². The van der Waals surface area contributed by atoms with E-state index in [0.29, 0.717) is 56.8 Å². The summed E-state index contributed by atoms with van der Waals surface area (Å²) in [4.78, 5) is 18.5. The zero-order valence-corrected chi connectivity index (χ0v) is 21.8. The Morgan fingerprint density at radius 2 is 1.92 bits per heavy atom. The molecule has 3 heterocycles. The zero-order valence-electron chi connectivity index (χ0n) is 21.8. The summed E-state index contributed by atoms with van der Waals surface area (Å²) in [6, 6.07) is 12.3. The number of amides is 1. The lowest BCUT2D eigenvalue weighted by atomic mass is 9.93. The second kappa shape index (κ2) is 11.8. The Balaban J connectivity index is 1.01. The molecule has 0 bridgehead atoms.